The van der Waals surface area contributed by atoms with E-state index in [9.17, 15) is 8.94 Å². The summed E-state index contributed by atoms with van der Waals surface area (Å²) in [5.74, 6) is -0.329. The second-order valence-electron chi connectivity index (χ2n) is 2.92. The molecule has 0 radical (unpaired) electrons. The van der Waals surface area contributed by atoms with Crippen LogP contribution in [0.15, 0.2) is 27.6 Å². The first-order chi connectivity index (χ1) is 6.02. The molecule has 1 nitrogen and oxygen atoms in total. The maximum Gasteiger partial charge on any atom is 0.154 e. The van der Waals surface area contributed by atoms with E-state index in [2.05, 4.69) is 15.9 Å². The molecule has 1 aromatic carbocycles. The zero-order valence-corrected chi connectivity index (χ0v) is 9.78. The molecule has 1 atom stereocenters. The molecule has 72 valence electrons. The van der Waals surface area contributed by atoms with Crippen molar-refractivity contribution in [2.45, 2.75) is 24.0 Å². The van der Waals surface area contributed by atoms with Crippen LogP contribution in [0.5, 0.6) is 0 Å². The maximum atomic E-state index is 12.8. The van der Waals surface area contributed by atoms with Gasteiger partial charge in [0, 0.05) is 6.07 Å². The Morgan fingerprint density at radius 1 is 1.46 bits per heavy atom. The summed E-state index contributed by atoms with van der Waals surface area (Å²) in [6.45, 7) is 3.74. The van der Waals surface area contributed by atoms with Gasteiger partial charge in [0.2, 0.25) is 0 Å². The second kappa shape index (κ2) is 4.44. The molecule has 0 aliphatic heterocycles. The van der Waals surface area contributed by atoms with Gasteiger partial charge in [0.1, 0.15) is 11.1 Å². The summed E-state index contributed by atoms with van der Waals surface area (Å²) < 4.78 is 24.8. The van der Waals surface area contributed by atoms with E-state index in [-0.39, 0.29) is 11.1 Å². The van der Waals surface area contributed by atoms with Crippen LogP contribution < -0.4 is 0 Å². The fraction of sp³-hybridized carbons (Fsp3) is 0.333. The molecule has 0 amide bonds. The standard InChI is InChI=1S/C9H10BrFOS/c1-6(2)13(12)7-3-4-9(11)8(10)5-7/h3-6H,1-2H3. The van der Waals surface area contributed by atoms with E-state index in [0.717, 1.165) is 0 Å². The number of benzene rings is 1. The summed E-state index contributed by atoms with van der Waals surface area (Å²) in [5, 5.41) is 0.0531. The molecule has 0 aliphatic carbocycles. The molecule has 13 heavy (non-hydrogen) atoms. The van der Waals surface area contributed by atoms with Crippen molar-refractivity contribution in [1.29, 1.82) is 0 Å². The predicted octanol–water partition coefficient (Wildman–Crippen LogP) is 3.10. The molecule has 4 heteroatoms. The molecular formula is C9H10BrFOS. The number of halogens is 2. The zero-order chi connectivity index (χ0) is 10.0. The third-order valence-electron chi connectivity index (χ3n) is 1.55. The lowest BCUT2D eigenvalue weighted by Gasteiger charge is -2.13. The highest BCUT2D eigenvalue weighted by Gasteiger charge is 2.16. The molecule has 1 aromatic rings. The van der Waals surface area contributed by atoms with Gasteiger partial charge in [-0.2, -0.15) is 0 Å². The van der Waals surface area contributed by atoms with E-state index < -0.39 is 11.2 Å². The van der Waals surface area contributed by atoms with Crippen molar-refractivity contribution in [3.8, 4) is 0 Å². The average molecular weight is 265 g/mol. The van der Waals surface area contributed by atoms with Gasteiger partial charge in [-0.15, -0.1) is 0 Å². The van der Waals surface area contributed by atoms with Gasteiger partial charge in [-0.1, -0.05) is 0 Å². The zero-order valence-electron chi connectivity index (χ0n) is 7.38. The van der Waals surface area contributed by atoms with Crippen molar-refractivity contribution in [2.75, 3.05) is 0 Å². The van der Waals surface area contributed by atoms with E-state index in [1.807, 2.05) is 13.8 Å². The first-order valence-electron chi connectivity index (χ1n) is 3.88. The average Bonchev–Trinajstić information content (AvgIpc) is 2.08. The van der Waals surface area contributed by atoms with Gasteiger partial charge in [0.25, 0.3) is 0 Å². The molecule has 1 unspecified atom stereocenters. The summed E-state index contributed by atoms with van der Waals surface area (Å²) in [4.78, 5) is 0.656. The molecular weight excluding hydrogens is 255 g/mol. The predicted molar refractivity (Wildman–Crippen MR) is 55.6 cm³/mol. The molecule has 0 aromatic heterocycles. The third kappa shape index (κ3) is 2.69. The highest BCUT2D eigenvalue weighted by atomic mass is 79.9. The first-order valence-corrected chi connectivity index (χ1v) is 5.88. The Hall–Kier alpha value is -0.0600. The molecule has 1 rings (SSSR count). The summed E-state index contributed by atoms with van der Waals surface area (Å²) >= 11 is 2.00. The van der Waals surface area contributed by atoms with E-state index in [1.54, 1.807) is 12.1 Å². The van der Waals surface area contributed by atoms with Gasteiger partial charge >= 0.3 is 0 Å². The minimum atomic E-state index is -1.05. The SMILES string of the molecule is CC(C)[S+]([O-])c1ccc(F)c(Br)c1. The van der Waals surface area contributed by atoms with Gasteiger partial charge in [-0.05, 0) is 53.1 Å². The van der Waals surface area contributed by atoms with Crippen LogP contribution in [-0.2, 0) is 11.2 Å². The summed E-state index contributed by atoms with van der Waals surface area (Å²) in [7, 11) is 0. The van der Waals surface area contributed by atoms with Crippen LogP contribution >= 0.6 is 15.9 Å². The number of hydrogen-bond acceptors (Lipinski definition) is 1. The van der Waals surface area contributed by atoms with Crippen LogP contribution in [0.1, 0.15) is 13.8 Å². The second-order valence-corrected chi connectivity index (χ2v) is 5.79. The molecule has 0 bridgehead atoms. The van der Waals surface area contributed by atoms with Crippen molar-refractivity contribution in [1.82, 2.24) is 0 Å². The Labute approximate surface area is 88.7 Å². The van der Waals surface area contributed by atoms with Crippen LogP contribution in [-0.4, -0.2) is 9.80 Å². The van der Waals surface area contributed by atoms with Crippen molar-refractivity contribution in [2.24, 2.45) is 0 Å². The van der Waals surface area contributed by atoms with E-state index in [1.165, 1.54) is 6.07 Å². The fourth-order valence-electron chi connectivity index (χ4n) is 0.874. The van der Waals surface area contributed by atoms with E-state index in [4.69, 9.17) is 0 Å². The highest BCUT2D eigenvalue weighted by molar-refractivity contribution is 9.10. The lowest BCUT2D eigenvalue weighted by atomic mass is 10.3. The topological polar surface area (TPSA) is 23.1 Å². The smallest absolute Gasteiger partial charge is 0.154 e. The summed E-state index contributed by atoms with van der Waals surface area (Å²) in [6, 6.07) is 4.43. The number of hydrogen-bond donors (Lipinski definition) is 0. The van der Waals surface area contributed by atoms with Gasteiger partial charge in [-0.25, -0.2) is 4.39 Å². The largest absolute Gasteiger partial charge is 0.611 e. The lowest BCUT2D eigenvalue weighted by Crippen LogP contribution is -2.13. The monoisotopic (exact) mass is 264 g/mol. The highest BCUT2D eigenvalue weighted by Crippen LogP contribution is 2.22. The number of rotatable bonds is 2. The Kier molecular flexibility index (Phi) is 3.76. The Morgan fingerprint density at radius 2 is 2.08 bits per heavy atom. The Morgan fingerprint density at radius 3 is 2.54 bits per heavy atom. The minimum absolute atomic E-state index is 0.0531. The molecule has 0 saturated carbocycles. The first kappa shape index (κ1) is 11.0. The molecule has 0 heterocycles. The molecule has 0 aliphatic rings. The minimum Gasteiger partial charge on any atom is -0.611 e. The Balaban J connectivity index is 2.97. The van der Waals surface area contributed by atoms with Crippen molar-refractivity contribution < 1.29 is 8.94 Å². The summed E-state index contributed by atoms with van der Waals surface area (Å²) in [6.07, 6.45) is 0. The molecule has 0 spiro atoms. The van der Waals surface area contributed by atoms with Crippen LogP contribution in [0.4, 0.5) is 4.39 Å². The summed E-state index contributed by atoms with van der Waals surface area (Å²) in [5.41, 5.74) is 0. The van der Waals surface area contributed by atoms with Crippen LogP contribution in [0, 0.1) is 5.82 Å². The van der Waals surface area contributed by atoms with Gasteiger partial charge in [0.15, 0.2) is 4.90 Å². The normalized spacial score (nSPS) is 13.4. The Bertz CT molecular complexity index is 304. The van der Waals surface area contributed by atoms with Crippen LogP contribution in [0.2, 0.25) is 0 Å². The maximum absolute atomic E-state index is 12.8. The van der Waals surface area contributed by atoms with Gasteiger partial charge in [0.05, 0.1) is 4.47 Å². The van der Waals surface area contributed by atoms with Crippen molar-refractivity contribution >= 4 is 27.1 Å². The van der Waals surface area contributed by atoms with Crippen molar-refractivity contribution in [3.63, 3.8) is 0 Å². The van der Waals surface area contributed by atoms with E-state index >= 15 is 0 Å². The lowest BCUT2D eigenvalue weighted by molar-refractivity contribution is 0.585. The van der Waals surface area contributed by atoms with Crippen molar-refractivity contribution in [3.05, 3.63) is 28.5 Å². The molecule has 0 N–H and O–H groups in total. The van der Waals surface area contributed by atoms with Gasteiger partial charge in [-0.3, -0.25) is 0 Å². The van der Waals surface area contributed by atoms with Gasteiger partial charge < -0.3 is 4.55 Å². The molecule has 0 saturated heterocycles. The quantitative estimate of drug-likeness (QED) is 0.753. The molecule has 0 fully saturated rings. The fourth-order valence-corrected chi connectivity index (χ4v) is 2.38. The van der Waals surface area contributed by atoms with Crippen LogP contribution in [0.3, 0.4) is 0 Å². The van der Waals surface area contributed by atoms with Crippen LogP contribution in [0.25, 0.3) is 0 Å². The van der Waals surface area contributed by atoms with E-state index in [0.29, 0.717) is 9.37 Å². The third-order valence-corrected chi connectivity index (χ3v) is 3.73.